The quantitative estimate of drug-likeness (QED) is 0.848. The summed E-state index contributed by atoms with van der Waals surface area (Å²) in [4.78, 5) is 11.3. The molecule has 0 spiro atoms. The number of carbonyl (C=O) groups is 1. The predicted octanol–water partition coefficient (Wildman–Crippen LogP) is 2.39. The van der Waals surface area contributed by atoms with Crippen LogP contribution in [0.1, 0.15) is 36.4 Å². The molecule has 17 heavy (non-hydrogen) atoms. The largest absolute Gasteiger partial charge is 0.481 e. The summed E-state index contributed by atoms with van der Waals surface area (Å²) in [5.74, 6) is -1.14. The predicted molar refractivity (Wildman–Crippen MR) is 62.0 cm³/mol. The normalized spacial score (nSPS) is 19.5. The van der Waals surface area contributed by atoms with Crippen LogP contribution in [-0.4, -0.2) is 11.1 Å². The van der Waals surface area contributed by atoms with E-state index in [1.165, 1.54) is 6.07 Å². The molecule has 92 valence electrons. The van der Waals surface area contributed by atoms with Crippen LogP contribution in [-0.2, 0) is 4.79 Å². The molecule has 3 nitrogen and oxygen atoms in total. The molecule has 1 saturated carbocycles. The highest BCUT2D eigenvalue weighted by atomic mass is 19.1. The Morgan fingerprint density at radius 3 is 2.59 bits per heavy atom. The van der Waals surface area contributed by atoms with Crippen molar-refractivity contribution in [3.63, 3.8) is 0 Å². The third-order valence-corrected chi connectivity index (χ3v) is 3.81. The molecule has 1 aliphatic rings. The summed E-state index contributed by atoms with van der Waals surface area (Å²) >= 11 is 0. The van der Waals surface area contributed by atoms with Crippen LogP contribution in [0.3, 0.4) is 0 Å². The minimum atomic E-state index is -0.857. The Morgan fingerprint density at radius 2 is 2.18 bits per heavy atom. The van der Waals surface area contributed by atoms with E-state index >= 15 is 0 Å². The van der Waals surface area contributed by atoms with Crippen LogP contribution in [0.25, 0.3) is 0 Å². The fraction of sp³-hybridized carbons (Fsp3) is 0.462. The summed E-state index contributed by atoms with van der Waals surface area (Å²) < 4.78 is 13.2. The molecule has 1 unspecified atom stereocenters. The smallest absolute Gasteiger partial charge is 0.311 e. The van der Waals surface area contributed by atoms with Gasteiger partial charge in [0.15, 0.2) is 0 Å². The van der Waals surface area contributed by atoms with Crippen LogP contribution in [0, 0.1) is 18.2 Å². The maximum Gasteiger partial charge on any atom is 0.311 e. The van der Waals surface area contributed by atoms with Gasteiger partial charge in [0.1, 0.15) is 5.82 Å². The van der Waals surface area contributed by atoms with Crippen molar-refractivity contribution in [3.05, 3.63) is 35.1 Å². The fourth-order valence-corrected chi connectivity index (χ4v) is 2.40. The van der Waals surface area contributed by atoms with Crippen molar-refractivity contribution in [2.24, 2.45) is 11.1 Å². The third kappa shape index (κ3) is 1.82. The summed E-state index contributed by atoms with van der Waals surface area (Å²) in [7, 11) is 0. The van der Waals surface area contributed by atoms with Crippen molar-refractivity contribution in [2.45, 2.75) is 32.2 Å². The highest BCUT2D eigenvalue weighted by Gasteiger charge is 2.49. The van der Waals surface area contributed by atoms with E-state index in [1.807, 2.05) is 0 Å². The lowest BCUT2D eigenvalue weighted by Gasteiger charge is -2.42. The second kappa shape index (κ2) is 4.11. The van der Waals surface area contributed by atoms with Crippen molar-refractivity contribution < 1.29 is 14.3 Å². The van der Waals surface area contributed by atoms with Crippen LogP contribution in [0.15, 0.2) is 18.2 Å². The molecule has 1 aliphatic carbocycles. The second-order valence-corrected chi connectivity index (χ2v) is 4.80. The molecule has 3 N–H and O–H groups in total. The number of hydrogen-bond acceptors (Lipinski definition) is 2. The van der Waals surface area contributed by atoms with E-state index < -0.39 is 17.4 Å². The summed E-state index contributed by atoms with van der Waals surface area (Å²) in [6.45, 7) is 1.65. The van der Waals surface area contributed by atoms with Gasteiger partial charge in [-0.3, -0.25) is 4.79 Å². The summed E-state index contributed by atoms with van der Waals surface area (Å²) in [5, 5.41) is 9.29. The van der Waals surface area contributed by atoms with Gasteiger partial charge < -0.3 is 10.8 Å². The topological polar surface area (TPSA) is 63.3 Å². The number of nitrogens with two attached hydrogens (primary N) is 1. The monoisotopic (exact) mass is 237 g/mol. The Hall–Kier alpha value is -1.42. The molecule has 1 aromatic carbocycles. The average Bonchev–Trinajstić information content (AvgIpc) is 2.19. The van der Waals surface area contributed by atoms with Gasteiger partial charge in [0.2, 0.25) is 0 Å². The SMILES string of the molecule is Cc1cc(C(N)C2(C(=O)O)CCC2)ccc1F. The number of benzene rings is 1. The minimum absolute atomic E-state index is 0.293. The maximum atomic E-state index is 13.2. The zero-order valence-electron chi connectivity index (χ0n) is 9.74. The highest BCUT2D eigenvalue weighted by Crippen LogP contribution is 2.49. The molecule has 1 fully saturated rings. The molecule has 1 aromatic rings. The Bertz CT molecular complexity index is 455. The van der Waals surface area contributed by atoms with Gasteiger partial charge in [-0.2, -0.15) is 0 Å². The van der Waals surface area contributed by atoms with Crippen molar-refractivity contribution in [3.8, 4) is 0 Å². The molecular weight excluding hydrogens is 221 g/mol. The van der Waals surface area contributed by atoms with E-state index in [4.69, 9.17) is 5.73 Å². The first-order chi connectivity index (χ1) is 7.97. The van der Waals surface area contributed by atoms with Crippen LogP contribution >= 0.6 is 0 Å². The molecule has 0 heterocycles. The van der Waals surface area contributed by atoms with E-state index in [0.29, 0.717) is 24.0 Å². The molecule has 0 aliphatic heterocycles. The Kier molecular flexibility index (Phi) is 2.91. The third-order valence-electron chi connectivity index (χ3n) is 3.81. The van der Waals surface area contributed by atoms with Crippen LogP contribution < -0.4 is 5.73 Å². The highest BCUT2D eigenvalue weighted by molar-refractivity contribution is 5.77. The lowest BCUT2D eigenvalue weighted by Crippen LogP contribution is -2.46. The van der Waals surface area contributed by atoms with Gasteiger partial charge in [-0.1, -0.05) is 18.6 Å². The Morgan fingerprint density at radius 1 is 1.53 bits per heavy atom. The molecular formula is C13H16FNO2. The van der Waals surface area contributed by atoms with Crippen LogP contribution in [0.2, 0.25) is 0 Å². The van der Waals surface area contributed by atoms with Gasteiger partial charge in [0, 0.05) is 6.04 Å². The number of aryl methyl sites for hydroxylation is 1. The number of hydrogen-bond donors (Lipinski definition) is 2. The number of rotatable bonds is 3. The van der Waals surface area contributed by atoms with Crippen LogP contribution in [0.4, 0.5) is 4.39 Å². The van der Waals surface area contributed by atoms with Crippen molar-refractivity contribution in [2.75, 3.05) is 0 Å². The Labute approximate surface area is 99.4 Å². The standard InChI is InChI=1S/C13H16FNO2/c1-8-7-9(3-4-10(8)14)11(15)13(12(16)17)5-2-6-13/h3-4,7,11H,2,5-6,15H2,1H3,(H,16,17). The average molecular weight is 237 g/mol. The zero-order chi connectivity index (χ0) is 12.6. The van der Waals surface area contributed by atoms with E-state index in [2.05, 4.69) is 0 Å². The minimum Gasteiger partial charge on any atom is -0.481 e. The molecule has 4 heteroatoms. The molecule has 2 rings (SSSR count). The van der Waals surface area contributed by atoms with Gasteiger partial charge in [0.25, 0.3) is 0 Å². The fourth-order valence-electron chi connectivity index (χ4n) is 2.40. The Balaban J connectivity index is 2.33. The molecule has 0 amide bonds. The molecule has 0 bridgehead atoms. The number of aliphatic carboxylic acids is 1. The van der Waals surface area contributed by atoms with E-state index in [1.54, 1.807) is 19.1 Å². The molecule has 0 radical (unpaired) electrons. The lowest BCUT2D eigenvalue weighted by atomic mass is 9.62. The van der Waals surface area contributed by atoms with Gasteiger partial charge in [-0.05, 0) is 37.0 Å². The first-order valence-corrected chi connectivity index (χ1v) is 5.72. The van der Waals surface area contributed by atoms with Crippen molar-refractivity contribution in [1.29, 1.82) is 0 Å². The zero-order valence-corrected chi connectivity index (χ0v) is 9.74. The number of carboxylic acid groups (broad SMARTS) is 1. The summed E-state index contributed by atoms with van der Waals surface area (Å²) in [6.07, 6.45) is 2.08. The van der Waals surface area contributed by atoms with E-state index in [9.17, 15) is 14.3 Å². The maximum absolute atomic E-state index is 13.2. The molecule has 1 atom stereocenters. The molecule has 0 saturated heterocycles. The summed E-state index contributed by atoms with van der Waals surface area (Å²) in [6, 6.07) is 4.01. The molecule has 0 aromatic heterocycles. The first kappa shape index (κ1) is 12.0. The van der Waals surface area contributed by atoms with Crippen LogP contribution in [0.5, 0.6) is 0 Å². The first-order valence-electron chi connectivity index (χ1n) is 5.72. The van der Waals surface area contributed by atoms with E-state index in [0.717, 1.165) is 6.42 Å². The van der Waals surface area contributed by atoms with Gasteiger partial charge in [0.05, 0.1) is 5.41 Å². The van der Waals surface area contributed by atoms with Gasteiger partial charge in [-0.25, -0.2) is 4.39 Å². The number of halogens is 1. The summed E-state index contributed by atoms with van der Waals surface area (Å²) in [5.41, 5.74) is 6.39. The van der Waals surface area contributed by atoms with Crippen molar-refractivity contribution >= 4 is 5.97 Å². The lowest BCUT2D eigenvalue weighted by molar-refractivity contribution is -0.156. The van der Waals surface area contributed by atoms with Gasteiger partial charge in [-0.15, -0.1) is 0 Å². The van der Waals surface area contributed by atoms with Gasteiger partial charge >= 0.3 is 5.97 Å². The van der Waals surface area contributed by atoms with Crippen molar-refractivity contribution in [1.82, 2.24) is 0 Å². The number of carboxylic acids is 1. The van der Waals surface area contributed by atoms with E-state index in [-0.39, 0.29) is 5.82 Å². The second-order valence-electron chi connectivity index (χ2n) is 4.80.